The van der Waals surface area contributed by atoms with E-state index < -0.39 is 29.3 Å². The van der Waals surface area contributed by atoms with E-state index in [1.807, 2.05) is 6.92 Å². The van der Waals surface area contributed by atoms with Crippen molar-refractivity contribution in [2.45, 2.75) is 13.1 Å². The van der Waals surface area contributed by atoms with E-state index >= 15 is 0 Å². The van der Waals surface area contributed by atoms with Crippen molar-refractivity contribution in [3.63, 3.8) is 0 Å². The van der Waals surface area contributed by atoms with Crippen LogP contribution in [0.2, 0.25) is 5.02 Å². The van der Waals surface area contributed by atoms with Crippen molar-refractivity contribution in [2.75, 3.05) is 23.3 Å². The number of fused-ring (bicyclic) bond motifs is 1. The van der Waals surface area contributed by atoms with Gasteiger partial charge in [-0.05, 0) is 42.8 Å². The first-order valence-corrected chi connectivity index (χ1v) is 8.24. The molecular weight excluding hydrogens is 385 g/mol. The Morgan fingerprint density at radius 2 is 2.00 bits per heavy atom. The second-order valence-corrected chi connectivity index (χ2v) is 6.47. The van der Waals surface area contributed by atoms with Crippen molar-refractivity contribution < 1.29 is 27.5 Å². The second-order valence-electron chi connectivity index (χ2n) is 6.04. The van der Waals surface area contributed by atoms with Gasteiger partial charge in [0, 0.05) is 5.02 Å². The molecule has 2 aromatic rings. The quantitative estimate of drug-likeness (QED) is 0.626. The Labute approximate surface area is 157 Å². The number of aryl methyl sites for hydroxylation is 1. The predicted molar refractivity (Wildman–Crippen MR) is 94.1 cm³/mol. The highest BCUT2D eigenvalue weighted by atomic mass is 35.5. The molecule has 0 bridgehead atoms. The van der Waals surface area contributed by atoms with Crippen LogP contribution in [0.1, 0.15) is 11.1 Å². The largest absolute Gasteiger partial charge is 0.423 e. The number of nitrogens with one attached hydrogen (secondary N) is 1. The number of hydrogen-bond acceptors (Lipinski definition) is 4. The lowest BCUT2D eigenvalue weighted by Gasteiger charge is -2.29. The Hall–Kier alpha value is -2.74. The van der Waals surface area contributed by atoms with Gasteiger partial charge in [-0.3, -0.25) is 4.79 Å². The topological polar surface area (TPSA) is 58.6 Å². The summed E-state index contributed by atoms with van der Waals surface area (Å²) in [5.41, 5.74) is -0.0373. The zero-order valence-corrected chi connectivity index (χ0v) is 14.8. The molecule has 0 aromatic heterocycles. The third-order valence-corrected chi connectivity index (χ3v) is 4.13. The maximum absolute atomic E-state index is 13.1. The number of rotatable bonds is 3. The normalized spacial score (nSPS) is 13.8. The summed E-state index contributed by atoms with van der Waals surface area (Å²) in [5, 5.41) is 2.15. The number of hydrogen-bond donors (Lipinski definition) is 1. The molecule has 1 amide bonds. The van der Waals surface area contributed by atoms with Crippen molar-refractivity contribution in [1.82, 2.24) is 0 Å². The number of carbonyl (C=O) groups is 2. The monoisotopic (exact) mass is 398 g/mol. The van der Waals surface area contributed by atoms with Crippen molar-refractivity contribution in [3.8, 4) is 5.75 Å². The molecule has 1 N–H and O–H groups in total. The summed E-state index contributed by atoms with van der Waals surface area (Å²) in [5.74, 6) is -0.960. The Morgan fingerprint density at radius 1 is 1.26 bits per heavy atom. The van der Waals surface area contributed by atoms with Crippen molar-refractivity contribution in [2.24, 2.45) is 0 Å². The maximum atomic E-state index is 13.1. The fraction of sp³-hybridized carbons (Fsp3) is 0.222. The van der Waals surface area contributed by atoms with E-state index in [1.165, 1.54) is 11.0 Å². The molecule has 0 atom stereocenters. The maximum Gasteiger partial charge on any atom is 0.418 e. The zero-order chi connectivity index (χ0) is 19.8. The number of anilines is 2. The van der Waals surface area contributed by atoms with Gasteiger partial charge >= 0.3 is 12.1 Å². The molecule has 0 spiro atoms. The number of benzene rings is 2. The lowest BCUT2D eigenvalue weighted by Crippen LogP contribution is -2.41. The first kappa shape index (κ1) is 19.0. The van der Waals surface area contributed by atoms with Crippen molar-refractivity contribution in [3.05, 3.63) is 52.5 Å². The van der Waals surface area contributed by atoms with Crippen molar-refractivity contribution >= 4 is 34.9 Å². The summed E-state index contributed by atoms with van der Waals surface area (Å²) < 4.78 is 44.6. The zero-order valence-electron chi connectivity index (χ0n) is 14.1. The summed E-state index contributed by atoms with van der Waals surface area (Å²) in [4.78, 5) is 25.5. The highest BCUT2D eigenvalue weighted by molar-refractivity contribution is 6.30. The standard InChI is InChI=1S/C18H14ClF3N2O3/c1-10-2-5-15-14(6-10)24(9-17(26)27-15)8-16(25)23-13-4-3-11(19)7-12(13)18(20,21)22/h2-7H,8-9H2,1H3,(H,23,25). The smallest absolute Gasteiger partial charge is 0.418 e. The Balaban J connectivity index is 1.82. The molecule has 1 aliphatic heterocycles. The Bertz CT molecular complexity index is 915. The lowest BCUT2D eigenvalue weighted by molar-refractivity contribution is -0.137. The molecule has 3 rings (SSSR count). The number of carbonyl (C=O) groups excluding carboxylic acids is 2. The van der Waals surface area contributed by atoms with Crippen molar-refractivity contribution in [1.29, 1.82) is 0 Å². The van der Waals surface area contributed by atoms with Gasteiger partial charge in [0.2, 0.25) is 5.91 Å². The van der Waals surface area contributed by atoms with Gasteiger partial charge in [-0.1, -0.05) is 17.7 Å². The molecule has 1 heterocycles. The van der Waals surface area contributed by atoms with Crippen LogP contribution in [0.5, 0.6) is 5.75 Å². The molecule has 2 aromatic carbocycles. The van der Waals surface area contributed by atoms with Crippen LogP contribution in [0.3, 0.4) is 0 Å². The fourth-order valence-electron chi connectivity index (χ4n) is 2.72. The number of ether oxygens (including phenoxy) is 1. The Kier molecular flexibility index (Phi) is 5.01. The molecule has 0 saturated heterocycles. The first-order valence-electron chi connectivity index (χ1n) is 7.86. The minimum Gasteiger partial charge on any atom is -0.423 e. The molecule has 1 aliphatic rings. The predicted octanol–water partition coefficient (Wildman–Crippen LogP) is 4.03. The number of amides is 1. The van der Waals surface area contributed by atoms with E-state index in [0.717, 1.165) is 17.7 Å². The van der Waals surface area contributed by atoms with Crippen LogP contribution < -0.4 is 15.0 Å². The van der Waals surface area contributed by atoms with Gasteiger partial charge in [0.25, 0.3) is 0 Å². The van der Waals surface area contributed by atoms with E-state index in [9.17, 15) is 22.8 Å². The molecule has 5 nitrogen and oxygen atoms in total. The average molecular weight is 399 g/mol. The van der Waals surface area contributed by atoms with Gasteiger partial charge in [-0.25, -0.2) is 4.79 Å². The number of esters is 1. The van der Waals surface area contributed by atoms with Gasteiger partial charge in [-0.15, -0.1) is 0 Å². The van der Waals surface area contributed by atoms with E-state index in [2.05, 4.69) is 5.32 Å². The number of nitrogens with zero attached hydrogens (tertiary/aromatic N) is 1. The molecule has 0 fully saturated rings. The van der Waals surface area contributed by atoms with Gasteiger partial charge in [0.1, 0.15) is 6.54 Å². The van der Waals surface area contributed by atoms with E-state index in [-0.39, 0.29) is 18.1 Å². The minimum atomic E-state index is -4.67. The molecule has 0 radical (unpaired) electrons. The van der Waals surface area contributed by atoms with Crippen LogP contribution in [-0.2, 0) is 15.8 Å². The molecule has 0 saturated carbocycles. The second kappa shape index (κ2) is 7.11. The van der Waals surface area contributed by atoms with Crippen LogP contribution >= 0.6 is 11.6 Å². The summed E-state index contributed by atoms with van der Waals surface area (Å²) in [6.45, 7) is 1.33. The minimum absolute atomic E-state index is 0.0940. The van der Waals surface area contributed by atoms with Gasteiger partial charge < -0.3 is 15.0 Å². The third kappa shape index (κ3) is 4.33. The van der Waals surface area contributed by atoms with Gasteiger partial charge in [0.05, 0.1) is 23.5 Å². The molecule has 27 heavy (non-hydrogen) atoms. The van der Waals surface area contributed by atoms with Gasteiger partial charge in [0.15, 0.2) is 5.75 Å². The third-order valence-electron chi connectivity index (χ3n) is 3.89. The van der Waals surface area contributed by atoms with Crippen LogP contribution in [0.15, 0.2) is 36.4 Å². The summed E-state index contributed by atoms with van der Waals surface area (Å²) in [6.07, 6.45) is -4.67. The molecule has 9 heteroatoms. The van der Waals surface area contributed by atoms with Crippen LogP contribution in [0, 0.1) is 6.92 Å². The highest BCUT2D eigenvalue weighted by Gasteiger charge is 2.34. The summed E-state index contributed by atoms with van der Waals surface area (Å²) in [6, 6.07) is 8.17. The van der Waals surface area contributed by atoms with Gasteiger partial charge in [-0.2, -0.15) is 13.2 Å². The molecular formula is C18H14ClF3N2O3. The lowest BCUT2D eigenvalue weighted by atomic mass is 10.1. The first-order chi connectivity index (χ1) is 12.6. The molecule has 142 valence electrons. The van der Waals surface area contributed by atoms with Crippen LogP contribution in [0.25, 0.3) is 0 Å². The highest BCUT2D eigenvalue weighted by Crippen LogP contribution is 2.37. The molecule has 0 aliphatic carbocycles. The Morgan fingerprint density at radius 3 is 2.70 bits per heavy atom. The van der Waals surface area contributed by atoms with E-state index in [1.54, 1.807) is 18.2 Å². The number of alkyl halides is 3. The molecule has 0 unspecified atom stereocenters. The summed E-state index contributed by atoms with van der Waals surface area (Å²) >= 11 is 5.63. The van der Waals surface area contributed by atoms with Crippen LogP contribution in [0.4, 0.5) is 24.5 Å². The van der Waals surface area contributed by atoms with E-state index in [4.69, 9.17) is 16.3 Å². The average Bonchev–Trinajstić information content (AvgIpc) is 2.56. The summed E-state index contributed by atoms with van der Waals surface area (Å²) in [7, 11) is 0. The van der Waals surface area contributed by atoms with E-state index in [0.29, 0.717) is 11.4 Å². The fourth-order valence-corrected chi connectivity index (χ4v) is 2.89. The SMILES string of the molecule is Cc1ccc2c(c1)N(CC(=O)Nc1ccc(Cl)cc1C(F)(F)F)CC(=O)O2. The van der Waals surface area contributed by atoms with Crippen LogP contribution in [-0.4, -0.2) is 25.0 Å². The number of halogens is 4.